The SMILES string of the molecule is COCCN(CC(C)=O)CC(C)=O. The summed E-state index contributed by atoms with van der Waals surface area (Å²) in [4.78, 5) is 23.4. The highest BCUT2D eigenvalue weighted by Crippen LogP contribution is 1.89. The lowest BCUT2D eigenvalue weighted by Gasteiger charge is -2.18. The molecule has 0 amide bonds. The lowest BCUT2D eigenvalue weighted by Crippen LogP contribution is -2.35. The second kappa shape index (κ2) is 6.74. The van der Waals surface area contributed by atoms with Crippen LogP contribution in [0.4, 0.5) is 0 Å². The molecule has 0 aliphatic carbocycles. The van der Waals surface area contributed by atoms with Crippen LogP contribution in [0.25, 0.3) is 0 Å². The number of carbonyl (C=O) groups excluding carboxylic acids is 2. The molecule has 0 unspecified atom stereocenters. The van der Waals surface area contributed by atoms with Gasteiger partial charge in [-0.25, -0.2) is 0 Å². The minimum atomic E-state index is 0.0670. The van der Waals surface area contributed by atoms with Crippen LogP contribution in [-0.4, -0.2) is 49.8 Å². The van der Waals surface area contributed by atoms with Gasteiger partial charge in [-0.1, -0.05) is 0 Å². The molecule has 0 saturated heterocycles. The minimum absolute atomic E-state index is 0.0670. The molecule has 13 heavy (non-hydrogen) atoms. The molecular formula is C9H17NO3. The van der Waals surface area contributed by atoms with E-state index in [1.807, 2.05) is 0 Å². The lowest BCUT2D eigenvalue weighted by molar-refractivity contribution is -0.121. The van der Waals surface area contributed by atoms with Gasteiger partial charge < -0.3 is 4.74 Å². The van der Waals surface area contributed by atoms with Crippen LogP contribution in [0.2, 0.25) is 0 Å². The minimum Gasteiger partial charge on any atom is -0.383 e. The molecule has 76 valence electrons. The highest BCUT2D eigenvalue weighted by molar-refractivity contribution is 5.80. The molecule has 0 spiro atoms. The fourth-order valence-corrected chi connectivity index (χ4v) is 1.06. The van der Waals surface area contributed by atoms with E-state index in [-0.39, 0.29) is 11.6 Å². The Balaban J connectivity index is 3.87. The van der Waals surface area contributed by atoms with Gasteiger partial charge in [0.1, 0.15) is 11.6 Å². The molecule has 0 atom stereocenters. The first-order chi connectivity index (χ1) is 6.06. The second-order valence-electron chi connectivity index (χ2n) is 3.11. The van der Waals surface area contributed by atoms with Crippen molar-refractivity contribution in [1.29, 1.82) is 0 Å². The molecule has 0 radical (unpaired) electrons. The Morgan fingerprint density at radius 1 is 1.15 bits per heavy atom. The molecule has 0 bridgehead atoms. The van der Waals surface area contributed by atoms with E-state index in [2.05, 4.69) is 0 Å². The van der Waals surface area contributed by atoms with E-state index in [1.54, 1.807) is 12.0 Å². The average molecular weight is 187 g/mol. The Kier molecular flexibility index (Phi) is 6.36. The summed E-state index contributed by atoms with van der Waals surface area (Å²) in [6.07, 6.45) is 0. The molecule has 0 aromatic heterocycles. The topological polar surface area (TPSA) is 46.6 Å². The summed E-state index contributed by atoms with van der Waals surface area (Å²) < 4.78 is 4.87. The molecular weight excluding hydrogens is 170 g/mol. The highest BCUT2D eigenvalue weighted by atomic mass is 16.5. The number of ether oxygens (including phenoxy) is 1. The van der Waals surface area contributed by atoms with Gasteiger partial charge in [0, 0.05) is 13.7 Å². The van der Waals surface area contributed by atoms with Gasteiger partial charge >= 0.3 is 0 Å². The summed E-state index contributed by atoms with van der Waals surface area (Å²) in [5.41, 5.74) is 0. The molecule has 0 aliphatic rings. The van der Waals surface area contributed by atoms with Crippen molar-refractivity contribution in [2.45, 2.75) is 13.8 Å². The van der Waals surface area contributed by atoms with Gasteiger partial charge in [-0.2, -0.15) is 0 Å². The average Bonchev–Trinajstić information content (AvgIpc) is 1.98. The van der Waals surface area contributed by atoms with Gasteiger partial charge in [0.2, 0.25) is 0 Å². The maximum atomic E-state index is 10.8. The summed E-state index contributed by atoms with van der Waals surface area (Å²) in [5.74, 6) is 0.134. The summed E-state index contributed by atoms with van der Waals surface area (Å²) in [7, 11) is 1.60. The smallest absolute Gasteiger partial charge is 0.143 e. The van der Waals surface area contributed by atoms with Gasteiger partial charge in [-0.05, 0) is 13.8 Å². The first-order valence-electron chi connectivity index (χ1n) is 4.26. The third-order valence-corrected chi connectivity index (χ3v) is 1.50. The van der Waals surface area contributed by atoms with Crippen LogP contribution in [0.15, 0.2) is 0 Å². The third kappa shape index (κ3) is 7.62. The number of methoxy groups -OCH3 is 1. The van der Waals surface area contributed by atoms with E-state index in [4.69, 9.17) is 4.74 Å². The molecule has 4 heteroatoms. The zero-order valence-electron chi connectivity index (χ0n) is 8.50. The number of rotatable bonds is 7. The molecule has 0 rings (SSSR count). The standard InChI is InChI=1S/C9H17NO3/c1-8(11)6-10(4-5-13-3)7-9(2)12/h4-7H2,1-3H3. The Hall–Kier alpha value is -0.740. The number of nitrogens with zero attached hydrogens (tertiary/aromatic N) is 1. The van der Waals surface area contributed by atoms with Crippen molar-refractivity contribution < 1.29 is 14.3 Å². The van der Waals surface area contributed by atoms with Gasteiger partial charge in [0.15, 0.2) is 0 Å². The zero-order valence-corrected chi connectivity index (χ0v) is 8.50. The molecule has 0 fully saturated rings. The molecule has 0 heterocycles. The number of Topliss-reactive ketones (excluding diaryl/α,β-unsaturated/α-hetero) is 2. The fourth-order valence-electron chi connectivity index (χ4n) is 1.06. The number of carbonyl (C=O) groups is 2. The summed E-state index contributed by atoms with van der Waals surface area (Å²) in [6, 6.07) is 0. The Morgan fingerprint density at radius 2 is 1.62 bits per heavy atom. The predicted molar refractivity (Wildman–Crippen MR) is 49.7 cm³/mol. The van der Waals surface area contributed by atoms with Gasteiger partial charge in [0.05, 0.1) is 19.7 Å². The monoisotopic (exact) mass is 187 g/mol. The number of hydrogen-bond donors (Lipinski definition) is 0. The van der Waals surface area contributed by atoms with Crippen molar-refractivity contribution in [3.05, 3.63) is 0 Å². The Bertz CT molecular complexity index is 164. The summed E-state index contributed by atoms with van der Waals surface area (Å²) >= 11 is 0. The first kappa shape index (κ1) is 12.3. The van der Waals surface area contributed by atoms with Crippen LogP contribution >= 0.6 is 0 Å². The molecule has 0 aromatic rings. The van der Waals surface area contributed by atoms with E-state index >= 15 is 0 Å². The zero-order chi connectivity index (χ0) is 10.3. The summed E-state index contributed by atoms with van der Waals surface area (Å²) in [6.45, 7) is 4.84. The quantitative estimate of drug-likeness (QED) is 0.567. The van der Waals surface area contributed by atoms with Crippen molar-refractivity contribution in [2.24, 2.45) is 0 Å². The van der Waals surface area contributed by atoms with Gasteiger partial charge in [0.25, 0.3) is 0 Å². The van der Waals surface area contributed by atoms with E-state index in [1.165, 1.54) is 13.8 Å². The first-order valence-corrected chi connectivity index (χ1v) is 4.26. The number of ketones is 2. The highest BCUT2D eigenvalue weighted by Gasteiger charge is 2.08. The Labute approximate surface area is 78.9 Å². The van der Waals surface area contributed by atoms with Crippen LogP contribution in [0.5, 0.6) is 0 Å². The maximum Gasteiger partial charge on any atom is 0.143 e. The van der Waals surface area contributed by atoms with Gasteiger partial charge in [-0.3, -0.25) is 14.5 Å². The number of hydrogen-bond acceptors (Lipinski definition) is 4. The van der Waals surface area contributed by atoms with Crippen molar-refractivity contribution in [1.82, 2.24) is 4.90 Å². The lowest BCUT2D eigenvalue weighted by atomic mass is 10.3. The van der Waals surface area contributed by atoms with E-state index in [0.29, 0.717) is 26.2 Å². The van der Waals surface area contributed by atoms with Crippen molar-refractivity contribution in [3.8, 4) is 0 Å². The molecule has 0 aromatic carbocycles. The Morgan fingerprint density at radius 3 is 1.92 bits per heavy atom. The van der Waals surface area contributed by atoms with Gasteiger partial charge in [-0.15, -0.1) is 0 Å². The van der Waals surface area contributed by atoms with E-state index < -0.39 is 0 Å². The predicted octanol–water partition coefficient (Wildman–Crippen LogP) is 0.113. The second-order valence-corrected chi connectivity index (χ2v) is 3.11. The molecule has 4 nitrogen and oxygen atoms in total. The van der Waals surface area contributed by atoms with Crippen LogP contribution in [0.1, 0.15) is 13.8 Å². The van der Waals surface area contributed by atoms with Crippen LogP contribution in [0.3, 0.4) is 0 Å². The molecule has 0 saturated carbocycles. The molecule has 0 N–H and O–H groups in total. The van der Waals surface area contributed by atoms with Crippen LogP contribution in [0, 0.1) is 0 Å². The fraction of sp³-hybridized carbons (Fsp3) is 0.778. The normalized spacial score (nSPS) is 10.5. The largest absolute Gasteiger partial charge is 0.383 e. The van der Waals surface area contributed by atoms with Crippen molar-refractivity contribution in [3.63, 3.8) is 0 Å². The van der Waals surface area contributed by atoms with Crippen molar-refractivity contribution in [2.75, 3.05) is 33.4 Å². The van der Waals surface area contributed by atoms with Crippen molar-refractivity contribution >= 4 is 11.6 Å². The maximum absolute atomic E-state index is 10.8. The molecule has 0 aliphatic heterocycles. The van der Waals surface area contributed by atoms with E-state index in [9.17, 15) is 9.59 Å². The summed E-state index contributed by atoms with van der Waals surface area (Å²) in [5, 5.41) is 0. The third-order valence-electron chi connectivity index (χ3n) is 1.50. The van der Waals surface area contributed by atoms with Crippen LogP contribution < -0.4 is 0 Å². The van der Waals surface area contributed by atoms with Crippen LogP contribution in [-0.2, 0) is 14.3 Å². The van der Waals surface area contributed by atoms with E-state index in [0.717, 1.165) is 0 Å².